The number of para-hydroxylation sites is 2. The van der Waals surface area contributed by atoms with Gasteiger partial charge in [0, 0.05) is 6.61 Å². The molecule has 0 spiro atoms. The summed E-state index contributed by atoms with van der Waals surface area (Å²) in [6, 6.07) is 7.65. The van der Waals surface area contributed by atoms with E-state index < -0.39 is 5.97 Å². The number of nitrogens with zero attached hydrogens (tertiary/aromatic N) is 3. The zero-order chi connectivity index (χ0) is 19.8. The minimum absolute atomic E-state index is 0.0411. The average molecular weight is 394 g/mol. The quantitative estimate of drug-likeness (QED) is 0.676. The highest BCUT2D eigenvalue weighted by Crippen LogP contribution is 2.31. The normalized spacial score (nSPS) is 20.5. The van der Waals surface area contributed by atoms with E-state index in [0.717, 1.165) is 56.2 Å². The van der Waals surface area contributed by atoms with Crippen molar-refractivity contribution in [2.45, 2.75) is 63.7 Å². The molecular formula is C22H26N4O3. The summed E-state index contributed by atoms with van der Waals surface area (Å²) < 4.78 is 13.5. The highest BCUT2D eigenvalue weighted by atomic mass is 16.5. The SMILES string of the molecule is Nc1c(C(=O)OC2CCCCC2)c2nc3ccccc3nc2n1C[C@@H]1CCCO1. The first-order chi connectivity index (χ1) is 14.2. The van der Waals surface area contributed by atoms with E-state index in [1.165, 1.54) is 6.42 Å². The molecule has 152 valence electrons. The van der Waals surface area contributed by atoms with Crippen molar-refractivity contribution in [1.29, 1.82) is 0 Å². The van der Waals surface area contributed by atoms with Gasteiger partial charge < -0.3 is 19.8 Å². The third kappa shape index (κ3) is 3.44. The number of fused-ring (bicyclic) bond motifs is 2. The summed E-state index contributed by atoms with van der Waals surface area (Å²) >= 11 is 0. The van der Waals surface area contributed by atoms with Gasteiger partial charge >= 0.3 is 5.97 Å². The molecule has 2 aromatic heterocycles. The molecular weight excluding hydrogens is 368 g/mol. The van der Waals surface area contributed by atoms with Gasteiger partial charge in [0.05, 0.1) is 23.7 Å². The predicted molar refractivity (Wildman–Crippen MR) is 111 cm³/mol. The number of rotatable bonds is 4. The Morgan fingerprint density at radius 2 is 1.86 bits per heavy atom. The molecule has 0 unspecified atom stereocenters. The van der Waals surface area contributed by atoms with Crippen LogP contribution in [0.25, 0.3) is 22.2 Å². The summed E-state index contributed by atoms with van der Waals surface area (Å²) in [5, 5.41) is 0. The van der Waals surface area contributed by atoms with Crippen molar-refractivity contribution < 1.29 is 14.3 Å². The molecule has 2 N–H and O–H groups in total. The van der Waals surface area contributed by atoms with E-state index >= 15 is 0 Å². The van der Waals surface area contributed by atoms with E-state index in [9.17, 15) is 4.79 Å². The Hall–Kier alpha value is -2.67. The number of benzene rings is 1. The van der Waals surface area contributed by atoms with Gasteiger partial charge in [-0.1, -0.05) is 18.6 Å². The summed E-state index contributed by atoms with van der Waals surface area (Å²) in [6.07, 6.45) is 7.26. The van der Waals surface area contributed by atoms with Gasteiger partial charge in [-0.2, -0.15) is 0 Å². The zero-order valence-electron chi connectivity index (χ0n) is 16.5. The molecule has 0 radical (unpaired) electrons. The molecule has 1 aromatic carbocycles. The van der Waals surface area contributed by atoms with Gasteiger partial charge in [-0.3, -0.25) is 0 Å². The van der Waals surface area contributed by atoms with Gasteiger partial charge in [-0.05, 0) is 50.7 Å². The van der Waals surface area contributed by atoms with Crippen LogP contribution in [0, 0.1) is 0 Å². The highest BCUT2D eigenvalue weighted by molar-refractivity contribution is 6.08. The minimum Gasteiger partial charge on any atom is -0.459 e. The van der Waals surface area contributed by atoms with Crippen LogP contribution in [0.2, 0.25) is 0 Å². The third-order valence-electron chi connectivity index (χ3n) is 6.03. The Morgan fingerprint density at radius 1 is 1.10 bits per heavy atom. The summed E-state index contributed by atoms with van der Waals surface area (Å²) in [6.45, 7) is 1.32. The number of nitrogen functional groups attached to an aromatic ring is 1. The van der Waals surface area contributed by atoms with Crippen molar-refractivity contribution >= 4 is 34.0 Å². The van der Waals surface area contributed by atoms with E-state index in [2.05, 4.69) is 0 Å². The fourth-order valence-electron chi connectivity index (χ4n) is 4.49. The van der Waals surface area contributed by atoms with Gasteiger partial charge in [0.2, 0.25) is 0 Å². The van der Waals surface area contributed by atoms with Crippen LogP contribution in [0.4, 0.5) is 5.82 Å². The fraction of sp³-hybridized carbons (Fsp3) is 0.500. The van der Waals surface area contributed by atoms with Gasteiger partial charge in [0.15, 0.2) is 5.65 Å². The predicted octanol–water partition coefficient (Wildman–Crippen LogP) is 3.84. The van der Waals surface area contributed by atoms with Crippen molar-refractivity contribution in [3.63, 3.8) is 0 Å². The van der Waals surface area contributed by atoms with Crippen LogP contribution in [0.1, 0.15) is 55.3 Å². The molecule has 3 heterocycles. The van der Waals surface area contributed by atoms with Crippen molar-refractivity contribution in [1.82, 2.24) is 14.5 Å². The Morgan fingerprint density at radius 3 is 2.59 bits per heavy atom. The Balaban J connectivity index is 1.59. The molecule has 2 fully saturated rings. The summed E-state index contributed by atoms with van der Waals surface area (Å²) in [5.74, 6) is -0.0262. The number of anilines is 1. The topological polar surface area (TPSA) is 92.3 Å². The van der Waals surface area contributed by atoms with Crippen LogP contribution in [0.3, 0.4) is 0 Å². The molecule has 3 aromatic rings. The lowest BCUT2D eigenvalue weighted by molar-refractivity contribution is 0.0214. The molecule has 0 amide bonds. The first-order valence-corrected chi connectivity index (χ1v) is 10.6. The number of carbonyl (C=O) groups is 1. The number of nitrogens with two attached hydrogens (primary N) is 1. The van der Waals surface area contributed by atoms with Crippen LogP contribution < -0.4 is 5.73 Å². The van der Waals surface area contributed by atoms with Gasteiger partial charge in [-0.25, -0.2) is 14.8 Å². The Bertz CT molecular complexity index is 1050. The molecule has 2 aliphatic rings. The number of ether oxygens (including phenoxy) is 2. The Kier molecular flexibility index (Phi) is 4.83. The van der Waals surface area contributed by atoms with Crippen LogP contribution in [-0.4, -0.2) is 39.3 Å². The molecule has 1 saturated heterocycles. The monoisotopic (exact) mass is 394 g/mol. The number of hydrogen-bond acceptors (Lipinski definition) is 6. The van der Waals surface area contributed by atoms with Crippen molar-refractivity contribution in [3.8, 4) is 0 Å². The molecule has 7 heteroatoms. The van der Waals surface area contributed by atoms with Crippen LogP contribution >= 0.6 is 0 Å². The summed E-state index contributed by atoms with van der Waals surface area (Å²) in [5.41, 5.74) is 9.47. The smallest absolute Gasteiger partial charge is 0.344 e. The van der Waals surface area contributed by atoms with E-state index in [4.69, 9.17) is 25.2 Å². The van der Waals surface area contributed by atoms with Crippen LogP contribution in [0.15, 0.2) is 24.3 Å². The van der Waals surface area contributed by atoms with Crippen molar-refractivity contribution in [3.05, 3.63) is 29.8 Å². The molecule has 1 aliphatic heterocycles. The zero-order valence-corrected chi connectivity index (χ0v) is 16.5. The van der Waals surface area contributed by atoms with E-state index in [-0.39, 0.29) is 12.2 Å². The number of aromatic nitrogens is 3. The minimum atomic E-state index is -0.393. The maximum atomic E-state index is 13.1. The van der Waals surface area contributed by atoms with Gasteiger partial charge in [-0.15, -0.1) is 0 Å². The third-order valence-corrected chi connectivity index (χ3v) is 6.03. The Labute approximate surface area is 169 Å². The maximum Gasteiger partial charge on any atom is 0.344 e. The number of carbonyl (C=O) groups excluding carboxylic acids is 1. The number of hydrogen-bond donors (Lipinski definition) is 1. The molecule has 5 rings (SSSR count). The van der Waals surface area contributed by atoms with Crippen molar-refractivity contribution in [2.75, 3.05) is 12.3 Å². The van der Waals surface area contributed by atoms with E-state index in [0.29, 0.717) is 29.1 Å². The fourth-order valence-corrected chi connectivity index (χ4v) is 4.49. The molecule has 29 heavy (non-hydrogen) atoms. The molecule has 1 atom stereocenters. The standard InChI is InChI=1S/C22H26N4O3/c23-20-18(22(27)29-14-7-2-1-3-8-14)19-21(26(20)13-15-9-6-12-28-15)25-17-11-5-4-10-16(17)24-19/h4-5,10-11,14-15H,1-3,6-9,12-13,23H2/t15-/m0/s1. The maximum absolute atomic E-state index is 13.1. The largest absolute Gasteiger partial charge is 0.459 e. The van der Waals surface area contributed by atoms with E-state index in [1.54, 1.807) is 0 Å². The lowest BCUT2D eigenvalue weighted by atomic mass is 9.98. The van der Waals surface area contributed by atoms with Crippen LogP contribution in [-0.2, 0) is 16.0 Å². The van der Waals surface area contributed by atoms with E-state index in [1.807, 2.05) is 28.8 Å². The molecule has 7 nitrogen and oxygen atoms in total. The second-order valence-corrected chi connectivity index (χ2v) is 8.06. The average Bonchev–Trinajstić information content (AvgIpc) is 3.34. The summed E-state index contributed by atoms with van der Waals surface area (Å²) in [7, 11) is 0. The lowest BCUT2D eigenvalue weighted by Gasteiger charge is -2.21. The first kappa shape index (κ1) is 18.4. The van der Waals surface area contributed by atoms with Crippen LogP contribution in [0.5, 0.6) is 0 Å². The van der Waals surface area contributed by atoms with Gasteiger partial charge in [0.25, 0.3) is 0 Å². The number of esters is 1. The van der Waals surface area contributed by atoms with Gasteiger partial charge in [0.1, 0.15) is 23.0 Å². The summed E-state index contributed by atoms with van der Waals surface area (Å²) in [4.78, 5) is 22.7. The molecule has 0 bridgehead atoms. The second-order valence-electron chi connectivity index (χ2n) is 8.06. The molecule has 1 aliphatic carbocycles. The lowest BCUT2D eigenvalue weighted by Crippen LogP contribution is -2.22. The highest BCUT2D eigenvalue weighted by Gasteiger charge is 2.29. The first-order valence-electron chi connectivity index (χ1n) is 10.6. The molecule has 1 saturated carbocycles. The second kappa shape index (κ2) is 7.63. The van der Waals surface area contributed by atoms with Crippen molar-refractivity contribution in [2.24, 2.45) is 0 Å².